The smallest absolute Gasteiger partial charge is 0.449 e. The average molecular weight is 329 g/mol. The van der Waals surface area contributed by atoms with Gasteiger partial charge in [-0.15, -0.1) is 0 Å². The first-order valence-electron chi connectivity index (χ1n) is 8.19. The third kappa shape index (κ3) is 2.71. The molecule has 0 amide bonds. The Hall–Kier alpha value is -2.54. The van der Waals surface area contributed by atoms with Gasteiger partial charge in [-0.1, -0.05) is 0 Å². The van der Waals surface area contributed by atoms with Gasteiger partial charge in [-0.2, -0.15) is 0 Å². The normalized spacial score (nSPS) is 17.9. The van der Waals surface area contributed by atoms with Crippen molar-refractivity contribution in [3.05, 3.63) is 34.6 Å². The van der Waals surface area contributed by atoms with Crippen molar-refractivity contribution in [2.45, 2.75) is 18.9 Å². The van der Waals surface area contributed by atoms with Gasteiger partial charge in [0.05, 0.1) is 11.7 Å². The van der Waals surface area contributed by atoms with E-state index in [0.29, 0.717) is 11.4 Å². The molecule has 7 nitrogen and oxygen atoms in total. The number of carbonyl (C=O) groups is 1. The van der Waals surface area contributed by atoms with Crippen LogP contribution in [0.25, 0.3) is 10.9 Å². The van der Waals surface area contributed by atoms with Crippen molar-refractivity contribution >= 4 is 22.7 Å². The standard InChI is InChI=1S/C17H19N3O4/c21-16-13-4-3-12(19-7-5-18-6-8-19)9-14(13)20(11-1-2-11)10-15(16)24-17(22)23/h3-4,9-11,18H,1-2,5-8H2,(H,22,23). The molecule has 2 aliphatic rings. The summed E-state index contributed by atoms with van der Waals surface area (Å²) >= 11 is 0. The van der Waals surface area contributed by atoms with Crippen LogP contribution >= 0.6 is 0 Å². The van der Waals surface area contributed by atoms with Crippen LogP contribution in [0.1, 0.15) is 18.9 Å². The second-order valence-corrected chi connectivity index (χ2v) is 6.27. The number of fused-ring (bicyclic) bond motifs is 1. The molecule has 2 N–H and O–H groups in total. The van der Waals surface area contributed by atoms with Gasteiger partial charge in [0.25, 0.3) is 0 Å². The summed E-state index contributed by atoms with van der Waals surface area (Å²) in [5.41, 5.74) is 1.55. The molecule has 0 atom stereocenters. The highest BCUT2D eigenvalue weighted by atomic mass is 16.7. The van der Waals surface area contributed by atoms with Crippen molar-refractivity contribution in [3.63, 3.8) is 0 Å². The van der Waals surface area contributed by atoms with Gasteiger partial charge >= 0.3 is 6.16 Å². The number of piperazine rings is 1. The number of hydrogen-bond donors (Lipinski definition) is 2. The van der Waals surface area contributed by atoms with E-state index in [1.807, 2.05) is 16.7 Å². The predicted octanol–water partition coefficient (Wildman–Crippen LogP) is 1.80. The van der Waals surface area contributed by atoms with Crippen LogP contribution in [0.15, 0.2) is 29.2 Å². The van der Waals surface area contributed by atoms with Crippen LogP contribution in [0.4, 0.5) is 10.5 Å². The van der Waals surface area contributed by atoms with Crippen molar-refractivity contribution < 1.29 is 14.6 Å². The molecule has 1 aromatic carbocycles. The van der Waals surface area contributed by atoms with Gasteiger partial charge in [0.1, 0.15) is 0 Å². The van der Waals surface area contributed by atoms with Gasteiger partial charge in [0.2, 0.25) is 5.43 Å². The molecule has 1 aliphatic heterocycles. The summed E-state index contributed by atoms with van der Waals surface area (Å²) < 4.78 is 6.67. The van der Waals surface area contributed by atoms with Crippen molar-refractivity contribution in [1.82, 2.24) is 9.88 Å². The minimum absolute atomic E-state index is 0.128. The molecule has 1 aliphatic carbocycles. The van der Waals surface area contributed by atoms with Crippen molar-refractivity contribution in [1.29, 1.82) is 0 Å². The fourth-order valence-corrected chi connectivity index (χ4v) is 3.25. The predicted molar refractivity (Wildman–Crippen MR) is 90.2 cm³/mol. The topological polar surface area (TPSA) is 83.8 Å². The number of carboxylic acid groups (broad SMARTS) is 1. The number of nitrogens with one attached hydrogen (secondary N) is 1. The summed E-state index contributed by atoms with van der Waals surface area (Å²) in [6.45, 7) is 3.75. The van der Waals surface area contributed by atoms with Gasteiger partial charge in [-0.3, -0.25) is 4.79 Å². The quantitative estimate of drug-likeness (QED) is 0.836. The molecule has 2 heterocycles. The summed E-state index contributed by atoms with van der Waals surface area (Å²) in [6, 6.07) is 6.05. The van der Waals surface area contributed by atoms with Crippen LogP contribution < -0.4 is 20.4 Å². The Bertz CT molecular complexity index is 851. The maximum Gasteiger partial charge on any atom is 0.511 e. The number of nitrogens with zero attached hydrogens (tertiary/aromatic N) is 2. The Morgan fingerprint density at radius 1 is 1.25 bits per heavy atom. The van der Waals surface area contributed by atoms with E-state index in [0.717, 1.165) is 50.2 Å². The van der Waals surface area contributed by atoms with Gasteiger partial charge in [-0.05, 0) is 31.0 Å². The zero-order chi connectivity index (χ0) is 16.7. The van der Waals surface area contributed by atoms with Gasteiger partial charge in [0.15, 0.2) is 5.75 Å². The Morgan fingerprint density at radius 2 is 2.00 bits per heavy atom. The lowest BCUT2D eigenvalue weighted by molar-refractivity contribution is 0.143. The van der Waals surface area contributed by atoms with Gasteiger partial charge < -0.3 is 24.6 Å². The fraction of sp³-hybridized carbons (Fsp3) is 0.412. The summed E-state index contributed by atoms with van der Waals surface area (Å²) in [7, 11) is 0. The van der Waals surface area contributed by atoms with Crippen LogP contribution in [-0.2, 0) is 0 Å². The molecule has 126 valence electrons. The zero-order valence-corrected chi connectivity index (χ0v) is 13.2. The van der Waals surface area contributed by atoms with Gasteiger partial charge in [-0.25, -0.2) is 4.79 Å². The first-order chi connectivity index (χ1) is 11.6. The monoisotopic (exact) mass is 329 g/mol. The molecule has 4 rings (SSSR count). The maximum atomic E-state index is 12.5. The number of ether oxygens (including phenoxy) is 1. The summed E-state index contributed by atoms with van der Waals surface area (Å²) in [6.07, 6.45) is 2.13. The van der Waals surface area contributed by atoms with E-state index < -0.39 is 6.16 Å². The van der Waals surface area contributed by atoms with Crippen LogP contribution in [0.2, 0.25) is 0 Å². The Labute approximate surface area is 138 Å². The Balaban J connectivity index is 1.84. The van der Waals surface area contributed by atoms with E-state index in [9.17, 15) is 9.59 Å². The molecule has 0 unspecified atom stereocenters. The number of anilines is 1. The lowest BCUT2D eigenvalue weighted by Gasteiger charge is -2.29. The van der Waals surface area contributed by atoms with Crippen molar-refractivity contribution in [2.24, 2.45) is 0 Å². The van der Waals surface area contributed by atoms with Gasteiger partial charge in [0, 0.05) is 43.3 Å². The molecule has 0 bridgehead atoms. The molecule has 2 fully saturated rings. The highest BCUT2D eigenvalue weighted by molar-refractivity contribution is 5.84. The van der Waals surface area contributed by atoms with E-state index in [-0.39, 0.29) is 11.2 Å². The molecule has 1 saturated carbocycles. The summed E-state index contributed by atoms with van der Waals surface area (Å²) in [5.74, 6) is -0.128. The molecular formula is C17H19N3O4. The number of benzene rings is 1. The molecule has 1 saturated heterocycles. The minimum Gasteiger partial charge on any atom is -0.449 e. The van der Waals surface area contributed by atoms with Crippen molar-refractivity contribution in [3.8, 4) is 5.75 Å². The molecule has 1 aromatic heterocycles. The molecule has 0 spiro atoms. The lowest BCUT2D eigenvalue weighted by atomic mass is 10.1. The highest BCUT2D eigenvalue weighted by Gasteiger charge is 2.26. The number of aromatic nitrogens is 1. The number of pyridine rings is 1. The third-order valence-electron chi connectivity index (χ3n) is 4.60. The largest absolute Gasteiger partial charge is 0.511 e. The Morgan fingerprint density at radius 3 is 2.67 bits per heavy atom. The summed E-state index contributed by atoms with van der Waals surface area (Å²) in [5, 5.41) is 12.7. The zero-order valence-electron chi connectivity index (χ0n) is 13.2. The first-order valence-corrected chi connectivity index (χ1v) is 8.19. The SMILES string of the molecule is O=C(O)Oc1cn(C2CC2)c2cc(N3CCNCC3)ccc2c1=O. The van der Waals surface area contributed by atoms with E-state index in [1.54, 1.807) is 6.07 Å². The molecular weight excluding hydrogens is 310 g/mol. The molecule has 0 radical (unpaired) electrons. The van der Waals surface area contributed by atoms with Crippen LogP contribution in [0, 0.1) is 0 Å². The Kier molecular flexibility index (Phi) is 3.65. The van der Waals surface area contributed by atoms with Crippen LogP contribution in [0.3, 0.4) is 0 Å². The van der Waals surface area contributed by atoms with E-state index >= 15 is 0 Å². The number of hydrogen-bond acceptors (Lipinski definition) is 5. The van der Waals surface area contributed by atoms with E-state index in [1.165, 1.54) is 6.20 Å². The van der Waals surface area contributed by atoms with E-state index in [2.05, 4.69) is 15.0 Å². The second-order valence-electron chi connectivity index (χ2n) is 6.27. The van der Waals surface area contributed by atoms with Crippen molar-refractivity contribution in [2.75, 3.05) is 31.1 Å². The maximum absolute atomic E-state index is 12.5. The molecule has 2 aromatic rings. The average Bonchev–Trinajstić information content (AvgIpc) is 3.42. The number of rotatable bonds is 3. The van der Waals surface area contributed by atoms with Crippen LogP contribution in [0.5, 0.6) is 5.75 Å². The van der Waals surface area contributed by atoms with Crippen LogP contribution in [-0.4, -0.2) is 42.0 Å². The fourth-order valence-electron chi connectivity index (χ4n) is 3.25. The minimum atomic E-state index is -1.47. The first kappa shape index (κ1) is 15.0. The molecule has 24 heavy (non-hydrogen) atoms. The second kappa shape index (κ2) is 5.83. The lowest BCUT2D eigenvalue weighted by Crippen LogP contribution is -2.43. The summed E-state index contributed by atoms with van der Waals surface area (Å²) in [4.78, 5) is 25.6. The van der Waals surface area contributed by atoms with E-state index in [4.69, 9.17) is 5.11 Å². The molecule has 7 heteroatoms. The third-order valence-corrected chi connectivity index (χ3v) is 4.60. The highest BCUT2D eigenvalue weighted by Crippen LogP contribution is 2.38.